The third kappa shape index (κ3) is 2.99. The van der Waals surface area contributed by atoms with Crippen LogP contribution in [0.25, 0.3) is 0 Å². The molecule has 1 atom stereocenters. The molecule has 0 aliphatic heterocycles. The first-order valence-corrected chi connectivity index (χ1v) is 5.44. The summed E-state index contributed by atoms with van der Waals surface area (Å²) in [7, 11) is -0.931. The number of rotatable bonds is 3. The smallest absolute Gasteiger partial charge is 0.335 e. The number of carbonyl (C=O) groups is 1. The van der Waals surface area contributed by atoms with Crippen molar-refractivity contribution in [1.29, 1.82) is 0 Å². The molecule has 0 aliphatic carbocycles. The van der Waals surface area contributed by atoms with E-state index in [4.69, 9.17) is 5.11 Å². The molecule has 0 saturated carbocycles. The van der Waals surface area contributed by atoms with E-state index >= 15 is 0 Å². The Morgan fingerprint density at radius 2 is 2.23 bits per heavy atom. The Balaban J connectivity index is 2.91. The number of carboxylic acid groups (broad SMARTS) is 1. The van der Waals surface area contributed by atoms with Gasteiger partial charge in [0.15, 0.2) is 0 Å². The average molecular weight is 198 g/mol. The number of carboxylic acids is 1. The number of hydrogen-bond donors (Lipinski definition) is 1. The summed E-state index contributed by atoms with van der Waals surface area (Å²) in [5.41, 5.74) is 1.03. The Morgan fingerprint density at radius 1 is 1.54 bits per heavy atom. The Labute approximate surface area is 78.9 Å². The van der Waals surface area contributed by atoms with Crippen LogP contribution in [-0.4, -0.2) is 21.5 Å². The van der Waals surface area contributed by atoms with Crippen LogP contribution in [0.2, 0.25) is 0 Å². The maximum Gasteiger partial charge on any atom is 0.335 e. The fourth-order valence-electron chi connectivity index (χ4n) is 1.03. The Hall–Kier alpha value is -1.16. The molecule has 0 spiro atoms. The van der Waals surface area contributed by atoms with Crippen molar-refractivity contribution in [2.75, 3.05) is 6.26 Å². The van der Waals surface area contributed by atoms with Gasteiger partial charge in [0.25, 0.3) is 0 Å². The molecule has 0 aromatic heterocycles. The van der Waals surface area contributed by atoms with Gasteiger partial charge in [-0.2, -0.15) is 0 Å². The second-order valence-electron chi connectivity index (χ2n) is 2.72. The fraction of sp³-hybridized carbons (Fsp3) is 0.222. The molecule has 3 nitrogen and oxygen atoms in total. The molecule has 0 amide bonds. The highest BCUT2D eigenvalue weighted by atomic mass is 32.2. The van der Waals surface area contributed by atoms with Gasteiger partial charge >= 0.3 is 5.97 Å². The molecular formula is C9H10O3S. The van der Waals surface area contributed by atoms with Gasteiger partial charge in [-0.1, -0.05) is 12.1 Å². The third-order valence-corrected chi connectivity index (χ3v) is 2.28. The zero-order chi connectivity index (χ0) is 9.84. The van der Waals surface area contributed by atoms with Crippen LogP contribution in [0.3, 0.4) is 0 Å². The molecule has 0 bridgehead atoms. The summed E-state index contributed by atoms with van der Waals surface area (Å²) in [6.07, 6.45) is 1.59. The summed E-state index contributed by atoms with van der Waals surface area (Å²) in [5, 5.41) is 8.67. The minimum absolute atomic E-state index is 0.239. The maximum absolute atomic E-state index is 10.9. The molecule has 1 N–H and O–H groups in total. The van der Waals surface area contributed by atoms with Crippen LogP contribution in [0.1, 0.15) is 15.9 Å². The summed E-state index contributed by atoms with van der Waals surface area (Å²) in [6, 6.07) is 6.49. The lowest BCUT2D eigenvalue weighted by Gasteiger charge is -1.99. The quantitative estimate of drug-likeness (QED) is 0.795. The van der Waals surface area contributed by atoms with E-state index in [0.29, 0.717) is 5.75 Å². The zero-order valence-corrected chi connectivity index (χ0v) is 8.00. The van der Waals surface area contributed by atoms with Crippen LogP contribution in [0.4, 0.5) is 0 Å². The molecular weight excluding hydrogens is 188 g/mol. The molecule has 4 heteroatoms. The largest absolute Gasteiger partial charge is 0.478 e. The molecule has 13 heavy (non-hydrogen) atoms. The lowest BCUT2D eigenvalue weighted by atomic mass is 10.1. The molecule has 0 aliphatic rings. The van der Waals surface area contributed by atoms with Gasteiger partial charge in [-0.15, -0.1) is 0 Å². The van der Waals surface area contributed by atoms with Gasteiger partial charge in [0, 0.05) is 22.8 Å². The van der Waals surface area contributed by atoms with E-state index < -0.39 is 16.8 Å². The predicted molar refractivity (Wildman–Crippen MR) is 51.2 cm³/mol. The molecule has 0 radical (unpaired) electrons. The van der Waals surface area contributed by atoms with Crippen LogP contribution in [0.5, 0.6) is 0 Å². The second kappa shape index (κ2) is 4.18. The molecule has 0 saturated heterocycles. The van der Waals surface area contributed by atoms with Gasteiger partial charge in [-0.05, 0) is 17.7 Å². The van der Waals surface area contributed by atoms with Gasteiger partial charge in [0.2, 0.25) is 0 Å². The van der Waals surface area contributed by atoms with Crippen molar-refractivity contribution >= 4 is 16.8 Å². The van der Waals surface area contributed by atoms with Crippen molar-refractivity contribution < 1.29 is 14.1 Å². The van der Waals surface area contributed by atoms with Crippen molar-refractivity contribution in [3.8, 4) is 0 Å². The number of hydrogen-bond acceptors (Lipinski definition) is 2. The normalized spacial score (nSPS) is 12.4. The van der Waals surface area contributed by atoms with Crippen LogP contribution < -0.4 is 0 Å². The molecule has 1 rings (SSSR count). The monoisotopic (exact) mass is 198 g/mol. The van der Waals surface area contributed by atoms with E-state index in [1.165, 1.54) is 6.07 Å². The van der Waals surface area contributed by atoms with Crippen molar-refractivity contribution in [2.45, 2.75) is 5.75 Å². The van der Waals surface area contributed by atoms with Gasteiger partial charge in [0.05, 0.1) is 5.56 Å². The SMILES string of the molecule is C[S@@](=O)Cc1cccc(C(=O)O)c1. The number of aromatic carboxylic acids is 1. The number of benzene rings is 1. The Kier molecular flexibility index (Phi) is 3.19. The van der Waals surface area contributed by atoms with E-state index in [1.807, 2.05) is 0 Å². The zero-order valence-electron chi connectivity index (χ0n) is 7.19. The minimum Gasteiger partial charge on any atom is -0.478 e. The highest BCUT2D eigenvalue weighted by molar-refractivity contribution is 7.83. The van der Waals surface area contributed by atoms with E-state index in [-0.39, 0.29) is 5.56 Å². The van der Waals surface area contributed by atoms with E-state index in [9.17, 15) is 9.00 Å². The Bertz CT molecular complexity index is 346. The summed E-state index contributed by atoms with van der Waals surface area (Å²) < 4.78 is 10.9. The van der Waals surface area contributed by atoms with E-state index in [0.717, 1.165) is 5.56 Å². The van der Waals surface area contributed by atoms with Crippen molar-refractivity contribution in [3.05, 3.63) is 35.4 Å². The van der Waals surface area contributed by atoms with E-state index in [2.05, 4.69) is 0 Å². The Morgan fingerprint density at radius 3 is 2.77 bits per heavy atom. The van der Waals surface area contributed by atoms with Crippen molar-refractivity contribution in [3.63, 3.8) is 0 Å². The van der Waals surface area contributed by atoms with Gasteiger partial charge < -0.3 is 5.11 Å². The van der Waals surface area contributed by atoms with Gasteiger partial charge in [-0.3, -0.25) is 4.21 Å². The highest BCUT2D eigenvalue weighted by Gasteiger charge is 2.03. The van der Waals surface area contributed by atoms with Crippen molar-refractivity contribution in [2.24, 2.45) is 0 Å². The molecule has 1 aromatic carbocycles. The van der Waals surface area contributed by atoms with Gasteiger partial charge in [-0.25, -0.2) is 4.79 Å². The summed E-state index contributed by atoms with van der Waals surface area (Å²) in [6.45, 7) is 0. The summed E-state index contributed by atoms with van der Waals surface area (Å²) in [5.74, 6) is -0.551. The molecule has 0 unspecified atom stereocenters. The molecule has 0 fully saturated rings. The lowest BCUT2D eigenvalue weighted by molar-refractivity contribution is 0.0697. The van der Waals surface area contributed by atoms with Gasteiger partial charge in [0.1, 0.15) is 0 Å². The summed E-state index contributed by atoms with van der Waals surface area (Å²) >= 11 is 0. The first-order valence-electron chi connectivity index (χ1n) is 3.72. The molecule has 0 heterocycles. The summed E-state index contributed by atoms with van der Waals surface area (Å²) in [4.78, 5) is 10.6. The first kappa shape index (κ1) is 9.92. The topological polar surface area (TPSA) is 54.4 Å². The van der Waals surface area contributed by atoms with E-state index in [1.54, 1.807) is 24.5 Å². The van der Waals surface area contributed by atoms with Crippen LogP contribution >= 0.6 is 0 Å². The lowest BCUT2D eigenvalue weighted by Crippen LogP contribution is -1.98. The molecule has 1 aromatic rings. The third-order valence-electron chi connectivity index (χ3n) is 1.54. The second-order valence-corrected chi connectivity index (χ2v) is 4.16. The van der Waals surface area contributed by atoms with Crippen LogP contribution in [-0.2, 0) is 16.6 Å². The van der Waals surface area contributed by atoms with Crippen LogP contribution in [0, 0.1) is 0 Å². The standard InChI is InChI=1S/C9H10O3S/c1-13(12)6-7-3-2-4-8(5-7)9(10)11/h2-5H,6H2,1H3,(H,10,11)/t13-/m1/s1. The van der Waals surface area contributed by atoms with Crippen LogP contribution in [0.15, 0.2) is 24.3 Å². The first-order chi connectivity index (χ1) is 6.09. The average Bonchev–Trinajstić information content (AvgIpc) is 2.03. The maximum atomic E-state index is 10.9. The highest BCUT2D eigenvalue weighted by Crippen LogP contribution is 2.06. The fourth-order valence-corrected chi connectivity index (χ4v) is 1.68. The predicted octanol–water partition coefficient (Wildman–Crippen LogP) is 1.26. The molecule has 70 valence electrons. The van der Waals surface area contributed by atoms with Crippen molar-refractivity contribution in [1.82, 2.24) is 0 Å². The minimum atomic E-state index is -0.955.